The van der Waals surface area contributed by atoms with E-state index in [1.54, 1.807) is 24.4 Å². The highest BCUT2D eigenvalue weighted by molar-refractivity contribution is 6.77. The molecule has 0 spiro atoms. The number of aromatic nitrogens is 1. The number of ether oxygens (including phenoxy) is 1. The van der Waals surface area contributed by atoms with E-state index in [0.29, 0.717) is 5.56 Å². The minimum absolute atomic E-state index is 0.190. The van der Waals surface area contributed by atoms with E-state index in [4.69, 9.17) is 39.5 Å². The molecule has 0 aliphatic rings. The van der Waals surface area contributed by atoms with Crippen molar-refractivity contribution in [3.63, 3.8) is 0 Å². The summed E-state index contributed by atoms with van der Waals surface area (Å²) in [4.78, 5) is 26.1. The maximum Gasteiger partial charge on any atom is 0.407 e. The number of nitrogens with one attached hydrogen (secondary N) is 2. The summed E-state index contributed by atoms with van der Waals surface area (Å²) >= 11 is 16.6. The van der Waals surface area contributed by atoms with Gasteiger partial charge in [0.15, 0.2) is 0 Å². The van der Waals surface area contributed by atoms with Crippen LogP contribution in [0.4, 0.5) is 4.79 Å². The Balaban J connectivity index is 1.75. The topological polar surface area (TPSA) is 71.2 Å². The lowest BCUT2D eigenvalue weighted by Crippen LogP contribution is -2.24. The molecule has 5 nitrogen and oxygen atoms in total. The van der Waals surface area contributed by atoms with E-state index in [-0.39, 0.29) is 18.8 Å². The van der Waals surface area contributed by atoms with Gasteiger partial charge in [0.2, 0.25) is 5.78 Å². The Kier molecular flexibility index (Phi) is 6.93. The molecule has 0 saturated carbocycles. The van der Waals surface area contributed by atoms with E-state index in [1.165, 1.54) is 0 Å². The normalized spacial score (nSPS) is 11.5. The second-order valence-corrected chi connectivity index (χ2v) is 7.30. The molecule has 0 radical (unpaired) electrons. The average Bonchev–Trinajstić information content (AvgIpc) is 3.05. The zero-order chi connectivity index (χ0) is 18.3. The first kappa shape index (κ1) is 19.4. The molecular formula is C17H15Cl3N2O3. The largest absolute Gasteiger partial charge is 0.445 e. The van der Waals surface area contributed by atoms with Crippen LogP contribution < -0.4 is 5.32 Å². The van der Waals surface area contributed by atoms with Gasteiger partial charge in [-0.15, -0.1) is 0 Å². The van der Waals surface area contributed by atoms with Crippen LogP contribution >= 0.6 is 34.8 Å². The molecule has 1 heterocycles. The van der Waals surface area contributed by atoms with E-state index < -0.39 is 15.7 Å². The van der Waals surface area contributed by atoms with Gasteiger partial charge in [0.05, 0.1) is 5.69 Å². The van der Waals surface area contributed by atoms with Crippen LogP contribution in [0.1, 0.15) is 21.6 Å². The number of hydrogen-bond donors (Lipinski definition) is 2. The number of benzene rings is 1. The fraction of sp³-hybridized carbons (Fsp3) is 0.176. The van der Waals surface area contributed by atoms with Gasteiger partial charge in [-0.05, 0) is 17.2 Å². The summed E-state index contributed by atoms with van der Waals surface area (Å²) in [5.41, 5.74) is 1.80. The van der Waals surface area contributed by atoms with Gasteiger partial charge in [-0.1, -0.05) is 77.3 Å². The molecule has 2 aromatic rings. The van der Waals surface area contributed by atoms with Gasteiger partial charge in [0.25, 0.3) is 3.79 Å². The van der Waals surface area contributed by atoms with Gasteiger partial charge in [-0.3, -0.25) is 4.79 Å². The van der Waals surface area contributed by atoms with Crippen molar-refractivity contribution < 1.29 is 14.3 Å². The number of aromatic amines is 1. The van der Waals surface area contributed by atoms with Crippen LogP contribution in [0.5, 0.6) is 0 Å². The molecule has 0 atom stereocenters. The highest BCUT2D eigenvalue weighted by Crippen LogP contribution is 2.30. The Bertz CT molecular complexity index is 752. The predicted molar refractivity (Wildman–Crippen MR) is 99.1 cm³/mol. The fourth-order valence-electron chi connectivity index (χ4n) is 1.90. The number of alkyl carbamates (subject to hydrolysis) is 1. The Morgan fingerprint density at radius 3 is 2.60 bits per heavy atom. The van der Waals surface area contributed by atoms with Gasteiger partial charge < -0.3 is 15.0 Å². The van der Waals surface area contributed by atoms with E-state index >= 15 is 0 Å². The smallest absolute Gasteiger partial charge is 0.407 e. The third-order valence-electron chi connectivity index (χ3n) is 3.09. The number of hydrogen-bond acceptors (Lipinski definition) is 3. The van der Waals surface area contributed by atoms with Crippen LogP contribution in [0.25, 0.3) is 6.08 Å². The fourth-order valence-corrected chi connectivity index (χ4v) is 2.21. The minimum atomic E-state index is -2.00. The molecule has 1 aromatic carbocycles. The molecule has 1 aromatic heterocycles. The van der Waals surface area contributed by atoms with Gasteiger partial charge >= 0.3 is 6.09 Å². The zero-order valence-electron chi connectivity index (χ0n) is 13.0. The first-order chi connectivity index (χ1) is 11.9. The van der Waals surface area contributed by atoms with Crippen molar-refractivity contribution in [3.8, 4) is 0 Å². The third-order valence-corrected chi connectivity index (χ3v) is 3.61. The minimum Gasteiger partial charge on any atom is -0.445 e. The summed E-state index contributed by atoms with van der Waals surface area (Å²) in [6.07, 6.45) is 4.49. The lowest BCUT2D eigenvalue weighted by atomic mass is 10.2. The molecule has 1 amide bonds. The van der Waals surface area contributed by atoms with Gasteiger partial charge in [0.1, 0.15) is 6.61 Å². The molecule has 0 fully saturated rings. The van der Waals surface area contributed by atoms with E-state index in [9.17, 15) is 9.59 Å². The van der Waals surface area contributed by atoms with Crippen LogP contribution in [-0.4, -0.2) is 27.2 Å². The standard InChI is InChI=1S/C17H15Cl3N2O3/c18-17(19,20)15(23)14-9-13(10-22-14)7-4-8-21-16(24)25-11-12-5-2-1-3-6-12/h1-7,9-10,22H,8,11H2,(H,21,24). The first-order valence-corrected chi connectivity index (χ1v) is 8.40. The van der Waals surface area contributed by atoms with Crippen molar-refractivity contribution in [1.82, 2.24) is 10.3 Å². The van der Waals surface area contributed by atoms with E-state index in [0.717, 1.165) is 5.56 Å². The molecular weight excluding hydrogens is 387 g/mol. The SMILES string of the molecule is O=C(NCC=Cc1c[nH]c(C(=O)C(Cl)(Cl)Cl)c1)OCc1ccccc1. The van der Waals surface area contributed by atoms with Crippen LogP contribution in [0, 0.1) is 0 Å². The van der Waals surface area contributed by atoms with Crippen LogP contribution in [0.15, 0.2) is 48.7 Å². The molecule has 132 valence electrons. The molecule has 0 saturated heterocycles. The van der Waals surface area contributed by atoms with Crippen LogP contribution in [-0.2, 0) is 11.3 Å². The number of carbonyl (C=O) groups is 2. The van der Waals surface area contributed by atoms with Gasteiger partial charge in [-0.2, -0.15) is 0 Å². The van der Waals surface area contributed by atoms with Crippen molar-refractivity contribution >= 4 is 52.8 Å². The van der Waals surface area contributed by atoms with Crippen LogP contribution in [0.2, 0.25) is 0 Å². The number of Topliss-reactive ketones (excluding diaryl/α,β-unsaturated/α-hetero) is 1. The number of rotatable bonds is 6. The van der Waals surface area contributed by atoms with Crippen molar-refractivity contribution in [3.05, 3.63) is 65.5 Å². The predicted octanol–water partition coefficient (Wildman–Crippen LogP) is 4.51. The van der Waals surface area contributed by atoms with Gasteiger partial charge in [0, 0.05) is 12.7 Å². The summed E-state index contributed by atoms with van der Waals surface area (Å²) in [5, 5.41) is 2.59. The average molecular weight is 402 g/mol. The summed E-state index contributed by atoms with van der Waals surface area (Å²) in [5.74, 6) is -0.639. The Labute approximate surface area is 159 Å². The highest BCUT2D eigenvalue weighted by atomic mass is 35.6. The second kappa shape index (κ2) is 8.94. The Morgan fingerprint density at radius 1 is 1.20 bits per heavy atom. The number of amides is 1. The quantitative estimate of drug-likeness (QED) is 0.553. The van der Waals surface area contributed by atoms with Crippen LogP contribution in [0.3, 0.4) is 0 Å². The number of halogens is 3. The van der Waals surface area contributed by atoms with E-state index in [1.807, 2.05) is 30.3 Å². The highest BCUT2D eigenvalue weighted by Gasteiger charge is 2.32. The summed E-state index contributed by atoms with van der Waals surface area (Å²) in [6, 6.07) is 10.9. The molecule has 8 heteroatoms. The maximum absolute atomic E-state index is 11.8. The summed E-state index contributed by atoms with van der Waals surface area (Å²) in [7, 11) is 0. The summed E-state index contributed by atoms with van der Waals surface area (Å²) in [6.45, 7) is 0.475. The Hall–Kier alpha value is -1.95. The number of H-pyrrole nitrogens is 1. The van der Waals surface area contributed by atoms with Crippen molar-refractivity contribution in [2.24, 2.45) is 0 Å². The lowest BCUT2D eigenvalue weighted by Gasteiger charge is -2.06. The monoisotopic (exact) mass is 400 g/mol. The number of alkyl halides is 3. The number of carbonyl (C=O) groups excluding carboxylic acids is 2. The molecule has 2 rings (SSSR count). The van der Waals surface area contributed by atoms with Gasteiger partial charge in [-0.25, -0.2) is 4.79 Å². The maximum atomic E-state index is 11.8. The second-order valence-electron chi connectivity index (χ2n) is 5.02. The lowest BCUT2D eigenvalue weighted by molar-refractivity contribution is 0.0992. The molecule has 0 aliphatic carbocycles. The first-order valence-electron chi connectivity index (χ1n) is 7.27. The molecule has 0 aliphatic heterocycles. The molecule has 25 heavy (non-hydrogen) atoms. The van der Waals surface area contributed by atoms with Crippen molar-refractivity contribution in [1.29, 1.82) is 0 Å². The zero-order valence-corrected chi connectivity index (χ0v) is 15.2. The van der Waals surface area contributed by atoms with Crippen molar-refractivity contribution in [2.75, 3.05) is 6.54 Å². The van der Waals surface area contributed by atoms with Crippen molar-refractivity contribution in [2.45, 2.75) is 10.4 Å². The molecule has 2 N–H and O–H groups in total. The van der Waals surface area contributed by atoms with E-state index in [2.05, 4.69) is 10.3 Å². The molecule has 0 bridgehead atoms. The summed E-state index contributed by atoms with van der Waals surface area (Å²) < 4.78 is 3.07. The molecule has 0 unspecified atom stereocenters. The number of ketones is 1. The third kappa shape index (κ3) is 6.46. The Morgan fingerprint density at radius 2 is 1.92 bits per heavy atom.